The van der Waals surface area contributed by atoms with Crippen LogP contribution >= 0.6 is 22.6 Å². The smallest absolute Gasteiger partial charge is 0.161 e. The Balaban J connectivity index is 1.20. The summed E-state index contributed by atoms with van der Waals surface area (Å²) in [5.74, 6) is 1.53. The second-order valence-electron chi connectivity index (χ2n) is 8.72. The molecule has 4 aromatic heterocycles. The first-order chi connectivity index (χ1) is 17.7. The fourth-order valence-electron chi connectivity index (χ4n) is 4.49. The zero-order valence-electron chi connectivity index (χ0n) is 19.4. The molecule has 9 heteroatoms. The van der Waals surface area contributed by atoms with Gasteiger partial charge in [0, 0.05) is 52.7 Å². The first-order valence-electron chi connectivity index (χ1n) is 11.6. The van der Waals surface area contributed by atoms with Gasteiger partial charge in [0.2, 0.25) is 0 Å². The SMILES string of the molecule is N[C@H](COc1cncc(-c2ccc3[nH]nc(-c4nccn4CI)c3c2)c1)Cc1c[nH]c2ccccc12. The zero-order chi connectivity index (χ0) is 24.5. The average Bonchev–Trinajstić information content (AvgIpc) is 3.65. The molecule has 2 aromatic carbocycles. The molecule has 4 N–H and O–H groups in total. The molecule has 0 aliphatic carbocycles. The predicted molar refractivity (Wildman–Crippen MR) is 150 cm³/mol. The van der Waals surface area contributed by atoms with Crippen molar-refractivity contribution in [2.75, 3.05) is 6.61 Å². The van der Waals surface area contributed by atoms with Crippen LogP contribution in [0.15, 0.2) is 79.5 Å². The van der Waals surface area contributed by atoms with Crippen molar-refractivity contribution in [2.24, 2.45) is 5.73 Å². The number of aromatic amines is 2. The number of ether oxygens (including phenoxy) is 1. The Morgan fingerprint density at radius 3 is 2.86 bits per heavy atom. The number of imidazole rings is 1. The van der Waals surface area contributed by atoms with Gasteiger partial charge in [-0.15, -0.1) is 0 Å². The molecule has 6 aromatic rings. The summed E-state index contributed by atoms with van der Waals surface area (Å²) in [4.78, 5) is 12.2. The molecule has 0 saturated carbocycles. The summed E-state index contributed by atoms with van der Waals surface area (Å²) in [6, 6.07) is 16.3. The van der Waals surface area contributed by atoms with Crippen LogP contribution in [0.4, 0.5) is 0 Å². The summed E-state index contributed by atoms with van der Waals surface area (Å²) >= 11 is 2.32. The van der Waals surface area contributed by atoms with Crippen molar-refractivity contribution < 1.29 is 4.74 Å². The van der Waals surface area contributed by atoms with Crippen LogP contribution in [0.3, 0.4) is 0 Å². The third-order valence-corrected chi connectivity index (χ3v) is 7.02. The predicted octanol–water partition coefficient (Wildman–Crippen LogP) is 5.31. The van der Waals surface area contributed by atoms with Crippen molar-refractivity contribution in [3.8, 4) is 28.4 Å². The number of nitrogens with one attached hydrogen (secondary N) is 2. The van der Waals surface area contributed by atoms with Crippen LogP contribution in [0.2, 0.25) is 0 Å². The number of pyridine rings is 1. The van der Waals surface area contributed by atoms with Gasteiger partial charge in [-0.1, -0.05) is 46.9 Å². The fourth-order valence-corrected chi connectivity index (χ4v) is 5.04. The number of fused-ring (bicyclic) bond motifs is 2. The van der Waals surface area contributed by atoms with E-state index in [0.717, 1.165) is 50.0 Å². The Morgan fingerprint density at radius 2 is 1.94 bits per heavy atom. The number of aromatic nitrogens is 6. The minimum Gasteiger partial charge on any atom is -0.490 e. The second kappa shape index (κ2) is 9.75. The molecule has 0 unspecified atom stereocenters. The van der Waals surface area contributed by atoms with Crippen LogP contribution in [-0.4, -0.2) is 42.4 Å². The van der Waals surface area contributed by atoms with Crippen LogP contribution in [0.1, 0.15) is 5.56 Å². The van der Waals surface area contributed by atoms with Crippen LogP contribution in [0.5, 0.6) is 5.75 Å². The number of hydrogen-bond acceptors (Lipinski definition) is 5. The van der Waals surface area contributed by atoms with Gasteiger partial charge in [-0.3, -0.25) is 10.1 Å². The minimum atomic E-state index is -0.139. The second-order valence-corrected chi connectivity index (χ2v) is 9.40. The van der Waals surface area contributed by atoms with Gasteiger partial charge in [0.05, 0.1) is 16.3 Å². The van der Waals surface area contributed by atoms with Crippen LogP contribution in [0, 0.1) is 0 Å². The summed E-state index contributed by atoms with van der Waals surface area (Å²) < 4.78 is 8.91. The lowest BCUT2D eigenvalue weighted by Crippen LogP contribution is -2.30. The molecule has 36 heavy (non-hydrogen) atoms. The van der Waals surface area contributed by atoms with Gasteiger partial charge in [0.15, 0.2) is 5.82 Å². The molecule has 4 heterocycles. The molecule has 0 bridgehead atoms. The Bertz CT molecular complexity index is 1650. The van der Waals surface area contributed by atoms with E-state index in [9.17, 15) is 0 Å². The molecular weight excluding hydrogens is 565 g/mol. The Labute approximate surface area is 221 Å². The summed E-state index contributed by atoms with van der Waals surface area (Å²) in [6.45, 7) is 0.397. The van der Waals surface area contributed by atoms with Crippen LogP contribution in [0.25, 0.3) is 44.5 Å². The van der Waals surface area contributed by atoms with Crippen molar-refractivity contribution in [1.82, 2.24) is 29.7 Å². The van der Waals surface area contributed by atoms with Gasteiger partial charge in [0.1, 0.15) is 18.1 Å². The van der Waals surface area contributed by atoms with E-state index in [-0.39, 0.29) is 6.04 Å². The molecule has 0 aliphatic heterocycles. The van der Waals surface area contributed by atoms with Crippen LogP contribution < -0.4 is 10.5 Å². The maximum absolute atomic E-state index is 6.41. The Kier molecular flexibility index (Phi) is 6.16. The Hall–Kier alpha value is -3.70. The fraction of sp³-hybridized carbons (Fsp3) is 0.148. The molecule has 180 valence electrons. The number of nitrogens with two attached hydrogens (primary N) is 1. The zero-order valence-corrected chi connectivity index (χ0v) is 21.5. The van der Waals surface area contributed by atoms with E-state index in [1.807, 2.05) is 42.9 Å². The molecule has 0 spiro atoms. The Morgan fingerprint density at radius 1 is 1.03 bits per heavy atom. The number of benzene rings is 2. The van der Waals surface area contributed by atoms with E-state index in [0.29, 0.717) is 12.4 Å². The molecule has 0 fully saturated rings. The quantitative estimate of drug-likeness (QED) is 0.165. The van der Waals surface area contributed by atoms with E-state index in [4.69, 9.17) is 10.5 Å². The van der Waals surface area contributed by atoms with Gasteiger partial charge >= 0.3 is 0 Å². The third kappa shape index (κ3) is 4.35. The lowest BCUT2D eigenvalue weighted by atomic mass is 10.0. The topological polar surface area (TPSA) is 110 Å². The third-order valence-electron chi connectivity index (χ3n) is 6.29. The van der Waals surface area contributed by atoms with Crippen molar-refractivity contribution in [1.29, 1.82) is 0 Å². The highest BCUT2D eigenvalue weighted by Gasteiger charge is 2.15. The number of nitrogens with zero attached hydrogens (tertiary/aromatic N) is 4. The van der Waals surface area contributed by atoms with Crippen molar-refractivity contribution in [2.45, 2.75) is 17.0 Å². The summed E-state index contributed by atoms with van der Waals surface area (Å²) in [5.41, 5.74) is 12.5. The lowest BCUT2D eigenvalue weighted by Gasteiger charge is -2.13. The number of rotatable bonds is 8. The highest BCUT2D eigenvalue weighted by Crippen LogP contribution is 2.31. The molecule has 0 radical (unpaired) electrons. The minimum absolute atomic E-state index is 0.139. The number of para-hydroxylation sites is 1. The first kappa shape index (κ1) is 22.7. The van der Waals surface area contributed by atoms with Gasteiger partial charge in [0.25, 0.3) is 0 Å². The van der Waals surface area contributed by atoms with Crippen molar-refractivity contribution >= 4 is 44.4 Å². The van der Waals surface area contributed by atoms with Crippen molar-refractivity contribution in [3.63, 3.8) is 0 Å². The van der Waals surface area contributed by atoms with E-state index in [1.165, 1.54) is 10.9 Å². The molecular formula is C27H24IN7O. The summed E-state index contributed by atoms with van der Waals surface area (Å²) in [6.07, 6.45) is 10.1. The number of halogens is 1. The molecule has 1 atom stereocenters. The number of alkyl halides is 1. The standard InChI is InChI=1S/C27H24IN7O/c28-16-35-8-7-31-27(35)26-23-11-17(5-6-25(23)33-34-26)18-10-21(14-30-12-18)36-15-20(29)9-19-13-32-24-4-2-1-3-22(19)24/h1-8,10-14,20,32H,9,15-16,29H2,(H,33,34)/t20-/m0/s1. The molecule has 0 amide bonds. The van der Waals surface area contributed by atoms with Crippen LogP contribution in [-0.2, 0) is 11.0 Å². The monoisotopic (exact) mass is 589 g/mol. The largest absolute Gasteiger partial charge is 0.490 e. The molecule has 6 rings (SSSR count). The molecule has 8 nitrogen and oxygen atoms in total. The van der Waals surface area contributed by atoms with Crippen molar-refractivity contribution in [3.05, 3.63) is 85.1 Å². The van der Waals surface area contributed by atoms with Gasteiger partial charge < -0.3 is 20.0 Å². The normalized spacial score (nSPS) is 12.4. The maximum atomic E-state index is 6.41. The maximum Gasteiger partial charge on any atom is 0.161 e. The highest BCUT2D eigenvalue weighted by molar-refractivity contribution is 14.1. The van der Waals surface area contributed by atoms with E-state index >= 15 is 0 Å². The van der Waals surface area contributed by atoms with Gasteiger partial charge in [-0.25, -0.2) is 4.98 Å². The molecule has 0 saturated heterocycles. The first-order valence-corrected chi connectivity index (χ1v) is 13.2. The summed E-state index contributed by atoms with van der Waals surface area (Å²) in [7, 11) is 0. The van der Waals surface area contributed by atoms with Gasteiger partial charge in [-0.05, 0) is 41.8 Å². The number of hydrogen-bond donors (Lipinski definition) is 3. The van der Waals surface area contributed by atoms with E-state index in [2.05, 4.69) is 76.6 Å². The average molecular weight is 589 g/mol. The van der Waals surface area contributed by atoms with E-state index < -0.39 is 0 Å². The summed E-state index contributed by atoms with van der Waals surface area (Å²) in [5, 5.41) is 9.86. The molecule has 0 aliphatic rings. The van der Waals surface area contributed by atoms with Gasteiger partial charge in [-0.2, -0.15) is 5.10 Å². The van der Waals surface area contributed by atoms with E-state index in [1.54, 1.807) is 12.4 Å². The number of H-pyrrole nitrogens is 2. The highest BCUT2D eigenvalue weighted by atomic mass is 127. The lowest BCUT2D eigenvalue weighted by molar-refractivity contribution is 0.287.